The summed E-state index contributed by atoms with van der Waals surface area (Å²) >= 11 is 5.95. The molecule has 0 saturated carbocycles. The van der Waals surface area contributed by atoms with E-state index in [1.807, 2.05) is 0 Å². The number of anilines is 1. The zero-order chi connectivity index (χ0) is 24.4. The number of hydrogen-bond acceptors (Lipinski definition) is 6. The van der Waals surface area contributed by atoms with Gasteiger partial charge in [0.25, 0.3) is 11.7 Å². The van der Waals surface area contributed by atoms with Crippen molar-refractivity contribution in [2.24, 2.45) is 0 Å². The summed E-state index contributed by atoms with van der Waals surface area (Å²) in [5.74, 6) is -2.57. The van der Waals surface area contributed by atoms with Crippen molar-refractivity contribution in [1.82, 2.24) is 4.98 Å². The maximum Gasteiger partial charge on any atom is 0.338 e. The lowest BCUT2D eigenvalue weighted by Gasteiger charge is -2.25. The third-order valence-corrected chi connectivity index (χ3v) is 5.52. The van der Waals surface area contributed by atoms with Gasteiger partial charge in [0.2, 0.25) is 0 Å². The number of Topliss-reactive ketones (excluding diaryl/α,β-unsaturated/α-hetero) is 1. The number of aromatic nitrogens is 1. The minimum atomic E-state index is -0.958. The number of halogens is 1. The van der Waals surface area contributed by atoms with Crippen LogP contribution in [0, 0.1) is 0 Å². The smallest absolute Gasteiger partial charge is 0.338 e. The number of ketones is 1. The van der Waals surface area contributed by atoms with Gasteiger partial charge in [-0.25, -0.2) is 4.79 Å². The Balaban J connectivity index is 1.87. The second kappa shape index (κ2) is 9.49. The van der Waals surface area contributed by atoms with Crippen LogP contribution in [0.1, 0.15) is 41.4 Å². The van der Waals surface area contributed by atoms with E-state index in [4.69, 9.17) is 16.3 Å². The van der Waals surface area contributed by atoms with E-state index in [0.717, 1.165) is 0 Å². The van der Waals surface area contributed by atoms with Crippen LogP contribution in [0.3, 0.4) is 0 Å². The van der Waals surface area contributed by atoms with Gasteiger partial charge in [-0.15, -0.1) is 0 Å². The highest BCUT2D eigenvalue weighted by Crippen LogP contribution is 2.42. The zero-order valence-electron chi connectivity index (χ0n) is 18.4. The van der Waals surface area contributed by atoms with Gasteiger partial charge < -0.3 is 9.84 Å². The van der Waals surface area contributed by atoms with E-state index in [1.165, 1.54) is 17.2 Å². The van der Waals surface area contributed by atoms with Gasteiger partial charge in [-0.2, -0.15) is 0 Å². The number of aliphatic hydroxyl groups is 1. The van der Waals surface area contributed by atoms with Crippen molar-refractivity contribution in [3.05, 3.63) is 100 Å². The second-order valence-electron chi connectivity index (χ2n) is 7.97. The van der Waals surface area contributed by atoms with E-state index in [0.29, 0.717) is 21.8 Å². The van der Waals surface area contributed by atoms with Gasteiger partial charge >= 0.3 is 5.97 Å². The van der Waals surface area contributed by atoms with Crippen LogP contribution < -0.4 is 4.90 Å². The number of pyridine rings is 1. The number of nitrogens with zero attached hydrogens (tertiary/aromatic N) is 2. The SMILES string of the molecule is CC(C)OC(=O)c1cccc(N2C(=O)C(=O)/C(=C(/O)c3ccc(Cl)cc3)C2c2cccnc2)c1. The van der Waals surface area contributed by atoms with Crippen molar-refractivity contribution >= 4 is 40.7 Å². The summed E-state index contributed by atoms with van der Waals surface area (Å²) in [6, 6.07) is 15.0. The molecule has 7 nitrogen and oxygen atoms in total. The van der Waals surface area contributed by atoms with Crippen molar-refractivity contribution in [1.29, 1.82) is 0 Å². The summed E-state index contributed by atoms with van der Waals surface area (Å²) in [6.07, 6.45) is 2.77. The summed E-state index contributed by atoms with van der Waals surface area (Å²) in [5.41, 5.74) is 1.31. The monoisotopic (exact) mass is 476 g/mol. The van der Waals surface area contributed by atoms with Gasteiger partial charge in [0.1, 0.15) is 5.76 Å². The van der Waals surface area contributed by atoms with Gasteiger partial charge in [0.05, 0.1) is 23.3 Å². The predicted molar refractivity (Wildman–Crippen MR) is 127 cm³/mol. The van der Waals surface area contributed by atoms with Gasteiger partial charge in [-0.1, -0.05) is 23.7 Å². The fourth-order valence-electron chi connectivity index (χ4n) is 3.78. The molecule has 2 aromatic carbocycles. The number of esters is 1. The Morgan fingerprint density at radius 1 is 1.06 bits per heavy atom. The normalized spacial score (nSPS) is 17.3. The maximum atomic E-state index is 13.2. The van der Waals surface area contributed by atoms with E-state index >= 15 is 0 Å². The van der Waals surface area contributed by atoms with Crippen molar-refractivity contribution in [2.45, 2.75) is 26.0 Å². The van der Waals surface area contributed by atoms with Gasteiger partial charge in [0, 0.05) is 28.7 Å². The van der Waals surface area contributed by atoms with E-state index in [9.17, 15) is 19.5 Å². The molecular formula is C26H21ClN2O5. The molecule has 0 bridgehead atoms. The van der Waals surface area contributed by atoms with Gasteiger partial charge in [-0.3, -0.25) is 19.5 Å². The first-order valence-corrected chi connectivity index (χ1v) is 10.9. The molecular weight excluding hydrogens is 456 g/mol. The molecule has 1 N–H and O–H groups in total. The van der Waals surface area contributed by atoms with E-state index in [-0.39, 0.29) is 23.0 Å². The molecule has 4 rings (SSSR count). The molecule has 0 radical (unpaired) electrons. The number of hydrogen-bond donors (Lipinski definition) is 1. The number of amides is 1. The largest absolute Gasteiger partial charge is 0.507 e. The molecule has 1 atom stereocenters. The Bertz CT molecular complexity index is 1290. The number of carbonyl (C=O) groups is 3. The molecule has 1 aliphatic rings. The molecule has 172 valence electrons. The van der Waals surface area contributed by atoms with E-state index < -0.39 is 23.7 Å². The Kier molecular flexibility index (Phi) is 6.47. The molecule has 1 saturated heterocycles. The van der Waals surface area contributed by atoms with Crippen LogP contribution in [0.5, 0.6) is 0 Å². The molecule has 34 heavy (non-hydrogen) atoms. The Labute approximate surface area is 201 Å². The van der Waals surface area contributed by atoms with Crippen LogP contribution in [-0.4, -0.2) is 33.9 Å². The number of ether oxygens (including phenoxy) is 1. The van der Waals surface area contributed by atoms with Crippen LogP contribution in [0.25, 0.3) is 5.76 Å². The second-order valence-corrected chi connectivity index (χ2v) is 8.40. The van der Waals surface area contributed by atoms with Crippen LogP contribution in [0.2, 0.25) is 5.02 Å². The molecule has 0 aliphatic carbocycles. The highest BCUT2D eigenvalue weighted by Gasteiger charge is 2.47. The van der Waals surface area contributed by atoms with E-state index in [2.05, 4.69) is 4.98 Å². The molecule has 3 aromatic rings. The Morgan fingerprint density at radius 3 is 2.44 bits per heavy atom. The molecule has 8 heteroatoms. The summed E-state index contributed by atoms with van der Waals surface area (Å²) in [4.78, 5) is 44.2. The molecule has 1 aliphatic heterocycles. The van der Waals surface area contributed by atoms with Crippen LogP contribution in [-0.2, 0) is 14.3 Å². The van der Waals surface area contributed by atoms with Crippen LogP contribution in [0.15, 0.2) is 78.6 Å². The third-order valence-electron chi connectivity index (χ3n) is 5.27. The first kappa shape index (κ1) is 23.2. The van der Waals surface area contributed by atoms with E-state index in [1.54, 1.807) is 74.6 Å². The topological polar surface area (TPSA) is 96.8 Å². The summed E-state index contributed by atoms with van der Waals surface area (Å²) < 4.78 is 5.26. The lowest BCUT2D eigenvalue weighted by atomic mass is 9.96. The molecule has 1 unspecified atom stereocenters. The highest BCUT2D eigenvalue weighted by molar-refractivity contribution is 6.51. The lowest BCUT2D eigenvalue weighted by molar-refractivity contribution is -0.132. The fraction of sp³-hybridized carbons (Fsp3) is 0.154. The minimum absolute atomic E-state index is 0.0875. The fourth-order valence-corrected chi connectivity index (χ4v) is 3.91. The first-order chi connectivity index (χ1) is 16.3. The van der Waals surface area contributed by atoms with Gasteiger partial charge in [-0.05, 0) is 67.9 Å². The van der Waals surface area contributed by atoms with Crippen molar-refractivity contribution in [3.63, 3.8) is 0 Å². The summed E-state index contributed by atoms with van der Waals surface area (Å²) in [7, 11) is 0. The number of carbonyl (C=O) groups excluding carboxylic acids is 3. The predicted octanol–water partition coefficient (Wildman–Crippen LogP) is 4.93. The van der Waals surface area contributed by atoms with Crippen molar-refractivity contribution < 1.29 is 24.2 Å². The number of benzene rings is 2. The highest BCUT2D eigenvalue weighted by atomic mass is 35.5. The Hall–Kier alpha value is -3.97. The third kappa shape index (κ3) is 4.43. The zero-order valence-corrected chi connectivity index (χ0v) is 19.2. The number of rotatable bonds is 5. The number of aliphatic hydroxyl groups excluding tert-OH is 1. The molecule has 1 amide bonds. The summed E-state index contributed by atoms with van der Waals surface area (Å²) in [6.45, 7) is 3.47. The average Bonchev–Trinajstić information content (AvgIpc) is 3.10. The molecule has 0 spiro atoms. The summed E-state index contributed by atoms with van der Waals surface area (Å²) in [5, 5.41) is 11.5. The van der Waals surface area contributed by atoms with Crippen LogP contribution >= 0.6 is 11.6 Å². The standard InChI is InChI=1S/C26H21ClN2O5/c1-15(2)34-26(33)17-5-3-7-20(13-17)29-22(18-6-4-12-28-14-18)21(24(31)25(29)32)23(30)16-8-10-19(27)11-9-16/h3-15,22,30H,1-2H3/b23-21+. The minimum Gasteiger partial charge on any atom is -0.507 e. The molecule has 1 fully saturated rings. The Morgan fingerprint density at radius 2 is 1.79 bits per heavy atom. The first-order valence-electron chi connectivity index (χ1n) is 10.6. The van der Waals surface area contributed by atoms with Crippen molar-refractivity contribution in [3.8, 4) is 0 Å². The van der Waals surface area contributed by atoms with Gasteiger partial charge in [0.15, 0.2) is 0 Å². The van der Waals surface area contributed by atoms with Crippen LogP contribution in [0.4, 0.5) is 5.69 Å². The maximum absolute atomic E-state index is 13.2. The molecule has 2 heterocycles. The molecule has 1 aromatic heterocycles. The van der Waals surface area contributed by atoms with Crippen molar-refractivity contribution in [2.75, 3.05) is 4.90 Å². The lowest BCUT2D eigenvalue weighted by Crippen LogP contribution is -2.29. The quantitative estimate of drug-likeness (QED) is 0.243. The average molecular weight is 477 g/mol.